The van der Waals surface area contributed by atoms with Crippen molar-refractivity contribution in [2.45, 2.75) is 101 Å². The van der Waals surface area contributed by atoms with Crippen LogP contribution in [0.15, 0.2) is 22.5 Å². The van der Waals surface area contributed by atoms with Crippen molar-refractivity contribution >= 4 is 59.3 Å². The highest BCUT2D eigenvalue weighted by atomic mass is 16.4. The number of amides is 6. The topological polar surface area (TPSA) is 473 Å². The van der Waals surface area contributed by atoms with Gasteiger partial charge in [0, 0.05) is 31.4 Å². The lowest BCUT2D eigenvalue weighted by atomic mass is 10.0. The Bertz CT molecular complexity index is 1680. The molecule has 0 saturated carbocycles. The fourth-order valence-corrected chi connectivity index (χ4v) is 5.35. The Balaban J connectivity index is 3.23. The summed E-state index contributed by atoms with van der Waals surface area (Å²) in [4.78, 5) is 117. The van der Waals surface area contributed by atoms with Crippen molar-refractivity contribution in [3.8, 4) is 0 Å². The molecule has 342 valence electrons. The number of H-pyrrole nitrogens is 1. The molecule has 0 spiro atoms. The van der Waals surface area contributed by atoms with Crippen molar-refractivity contribution in [3.05, 3.63) is 18.2 Å². The lowest BCUT2D eigenvalue weighted by Gasteiger charge is -2.27. The molecule has 0 saturated heterocycles. The summed E-state index contributed by atoms with van der Waals surface area (Å²) in [5.74, 6) is -9.85. The maximum Gasteiger partial charge on any atom is 0.326 e. The van der Waals surface area contributed by atoms with Crippen LogP contribution in [0.3, 0.4) is 0 Å². The number of carboxylic acid groups (broad SMARTS) is 2. The van der Waals surface area contributed by atoms with Gasteiger partial charge in [-0.15, -0.1) is 0 Å². The van der Waals surface area contributed by atoms with Crippen molar-refractivity contribution in [2.75, 3.05) is 26.3 Å². The zero-order valence-corrected chi connectivity index (χ0v) is 33.8. The number of aromatic amines is 1. The third-order valence-corrected chi connectivity index (χ3v) is 8.46. The average Bonchev–Trinajstić information content (AvgIpc) is 3.70. The van der Waals surface area contributed by atoms with Gasteiger partial charge in [0.2, 0.25) is 35.4 Å². The average molecular weight is 870 g/mol. The zero-order valence-electron chi connectivity index (χ0n) is 33.8. The molecule has 0 unspecified atom stereocenters. The minimum atomic E-state index is -1.87. The second-order valence-electron chi connectivity index (χ2n) is 14.1. The Hall–Kier alpha value is -6.61. The molecular weight excluding hydrogens is 810 g/mol. The Kier molecular flexibility index (Phi) is 23.4. The van der Waals surface area contributed by atoms with E-state index in [9.17, 15) is 58.8 Å². The first kappa shape index (κ1) is 52.4. The molecule has 6 amide bonds. The number of imidazole rings is 1. The SMILES string of the molecule is CC(C)C[C@H](NC(=O)[C@H](Cc1cnc[nH]1)NC(=O)[C@H](CC(=O)O)NC(=O)[C@H](CO)NC(=O)[C@@H](N)CCCN=C(N)N)C(=O)N[C@@H](CO)C(=O)N[C@@H](CCCN=C(N)N)C(=O)O. The van der Waals surface area contributed by atoms with E-state index in [4.69, 9.17) is 28.7 Å². The second kappa shape index (κ2) is 27.2. The highest BCUT2D eigenvalue weighted by Gasteiger charge is 2.34. The quantitative estimate of drug-likeness (QED) is 0.0202. The number of nitrogens with one attached hydrogen (secondary N) is 7. The first-order chi connectivity index (χ1) is 28.7. The number of nitrogens with two attached hydrogens (primary N) is 5. The van der Waals surface area contributed by atoms with E-state index in [1.807, 2.05) is 0 Å². The molecular formula is C34H59N15O12. The monoisotopic (exact) mass is 869 g/mol. The van der Waals surface area contributed by atoms with Crippen LogP contribution in [0, 0.1) is 5.92 Å². The number of aliphatic hydroxyl groups is 2. The predicted octanol–water partition coefficient (Wildman–Crippen LogP) is -7.11. The van der Waals surface area contributed by atoms with Gasteiger partial charge in [-0.1, -0.05) is 13.8 Å². The number of carbonyl (C=O) groups is 8. The van der Waals surface area contributed by atoms with Gasteiger partial charge < -0.3 is 86.0 Å². The van der Waals surface area contributed by atoms with Crippen molar-refractivity contribution in [1.29, 1.82) is 0 Å². The Labute approximate surface area is 349 Å². The molecule has 7 atom stereocenters. The predicted molar refractivity (Wildman–Crippen MR) is 215 cm³/mol. The number of hydrogen-bond acceptors (Lipinski definition) is 14. The molecule has 1 rings (SSSR count). The van der Waals surface area contributed by atoms with Gasteiger partial charge in [0.05, 0.1) is 32.0 Å². The molecule has 0 bridgehead atoms. The van der Waals surface area contributed by atoms with E-state index in [-0.39, 0.29) is 63.0 Å². The lowest BCUT2D eigenvalue weighted by Crippen LogP contribution is -2.61. The van der Waals surface area contributed by atoms with Crippen LogP contribution in [-0.4, -0.2) is 158 Å². The van der Waals surface area contributed by atoms with Crippen LogP contribution in [0.4, 0.5) is 0 Å². The molecule has 0 aliphatic carbocycles. The second-order valence-corrected chi connectivity index (χ2v) is 14.1. The van der Waals surface area contributed by atoms with Crippen molar-refractivity contribution in [1.82, 2.24) is 41.9 Å². The summed E-state index contributed by atoms with van der Waals surface area (Å²) in [5, 5.41) is 52.7. The van der Waals surface area contributed by atoms with Crippen LogP contribution in [0.1, 0.15) is 58.1 Å². The fraction of sp³-hybridized carbons (Fsp3) is 0.618. The maximum absolute atomic E-state index is 13.8. The van der Waals surface area contributed by atoms with Gasteiger partial charge in [0.25, 0.3) is 0 Å². The molecule has 27 nitrogen and oxygen atoms in total. The number of guanidine groups is 2. The first-order valence-corrected chi connectivity index (χ1v) is 19.0. The Morgan fingerprint density at radius 1 is 0.656 bits per heavy atom. The minimum Gasteiger partial charge on any atom is -0.481 e. The van der Waals surface area contributed by atoms with E-state index < -0.39 is 109 Å². The normalized spacial score (nSPS) is 14.3. The van der Waals surface area contributed by atoms with Gasteiger partial charge in [-0.25, -0.2) is 9.78 Å². The van der Waals surface area contributed by atoms with Crippen LogP contribution >= 0.6 is 0 Å². The number of aromatic nitrogens is 2. The van der Waals surface area contributed by atoms with Gasteiger partial charge >= 0.3 is 11.9 Å². The largest absolute Gasteiger partial charge is 0.481 e. The number of nitrogens with zero attached hydrogens (tertiary/aromatic N) is 3. The standard InChI is InChI=1S/C34H59N15O12/c1-16(2)9-20(27(55)49-24(14-51)30(58)44-19(32(60)61)6-4-8-42-34(38)39)45-28(56)21(10-17-12-40-15-43-17)46-29(57)22(11-25(52)53)47-31(59)23(13-50)48-26(54)18(35)5-3-7-41-33(36)37/h12,15-16,18-24,50-51H,3-11,13-14,35H2,1-2H3,(H,40,43)(H,44,58)(H,45,56)(H,46,57)(H,47,59)(H,48,54)(H,49,55)(H,52,53)(H,60,61)(H4,36,37,41)(H4,38,39,42)/t18-,19-,20-,21-,22-,23-,24-/m0/s1. The highest BCUT2D eigenvalue weighted by molar-refractivity contribution is 5.98. The third kappa shape index (κ3) is 20.8. The summed E-state index contributed by atoms with van der Waals surface area (Å²) in [5.41, 5.74) is 27.2. The molecule has 1 aromatic heterocycles. The fourth-order valence-electron chi connectivity index (χ4n) is 5.35. The molecule has 61 heavy (non-hydrogen) atoms. The molecule has 1 heterocycles. The summed E-state index contributed by atoms with van der Waals surface area (Å²) in [7, 11) is 0. The van der Waals surface area contributed by atoms with Gasteiger partial charge in [-0.05, 0) is 38.0 Å². The summed E-state index contributed by atoms with van der Waals surface area (Å²) in [6, 6.07) is -10.8. The number of carbonyl (C=O) groups excluding carboxylic acids is 6. The van der Waals surface area contributed by atoms with E-state index >= 15 is 0 Å². The van der Waals surface area contributed by atoms with Gasteiger partial charge in [0.15, 0.2) is 11.9 Å². The van der Waals surface area contributed by atoms with E-state index in [1.165, 1.54) is 12.5 Å². The summed E-state index contributed by atoms with van der Waals surface area (Å²) in [6.45, 7) is 1.69. The van der Waals surface area contributed by atoms with E-state index in [0.29, 0.717) is 12.1 Å². The molecule has 0 aromatic carbocycles. The van der Waals surface area contributed by atoms with Crippen LogP contribution in [0.5, 0.6) is 0 Å². The number of hydrogen-bond donors (Lipinski definition) is 16. The molecule has 0 radical (unpaired) electrons. The molecule has 0 fully saturated rings. The van der Waals surface area contributed by atoms with E-state index in [2.05, 4.69) is 51.9 Å². The zero-order chi connectivity index (χ0) is 46.2. The van der Waals surface area contributed by atoms with E-state index in [0.717, 1.165) is 0 Å². The highest BCUT2D eigenvalue weighted by Crippen LogP contribution is 2.09. The smallest absolute Gasteiger partial charge is 0.326 e. The minimum absolute atomic E-state index is 0.0451. The number of aliphatic hydroxyl groups excluding tert-OH is 2. The molecule has 0 aliphatic rings. The van der Waals surface area contributed by atoms with Crippen molar-refractivity contribution in [3.63, 3.8) is 0 Å². The van der Waals surface area contributed by atoms with Crippen LogP contribution in [0.2, 0.25) is 0 Å². The molecule has 27 heteroatoms. The maximum atomic E-state index is 13.8. The summed E-state index contributed by atoms with van der Waals surface area (Å²) >= 11 is 0. The van der Waals surface area contributed by atoms with Crippen LogP contribution in [-0.2, 0) is 44.8 Å². The van der Waals surface area contributed by atoms with Gasteiger partial charge in [-0.2, -0.15) is 0 Å². The Morgan fingerprint density at radius 2 is 1.10 bits per heavy atom. The number of rotatable bonds is 29. The lowest BCUT2D eigenvalue weighted by molar-refractivity contribution is -0.143. The number of aliphatic imine (C=N–C) groups is 2. The molecule has 21 N–H and O–H groups in total. The first-order valence-electron chi connectivity index (χ1n) is 19.0. The molecule has 0 aliphatic heterocycles. The number of carboxylic acids is 2. The van der Waals surface area contributed by atoms with Crippen molar-refractivity contribution in [2.24, 2.45) is 44.6 Å². The van der Waals surface area contributed by atoms with Crippen LogP contribution < -0.4 is 60.6 Å². The van der Waals surface area contributed by atoms with Crippen LogP contribution in [0.25, 0.3) is 0 Å². The number of aliphatic carboxylic acids is 2. The van der Waals surface area contributed by atoms with Crippen molar-refractivity contribution < 1.29 is 58.8 Å². The Morgan fingerprint density at radius 3 is 1.57 bits per heavy atom. The van der Waals surface area contributed by atoms with Gasteiger partial charge in [-0.3, -0.25) is 43.5 Å². The third-order valence-electron chi connectivity index (χ3n) is 8.46. The summed E-state index contributed by atoms with van der Waals surface area (Å²) < 4.78 is 0. The van der Waals surface area contributed by atoms with E-state index in [1.54, 1.807) is 13.8 Å². The molecule has 1 aromatic rings. The van der Waals surface area contributed by atoms with Gasteiger partial charge in [0.1, 0.15) is 36.3 Å². The summed E-state index contributed by atoms with van der Waals surface area (Å²) in [6.07, 6.45) is 1.65.